The molecule has 104 valence electrons. The fraction of sp³-hybridized carbons (Fsp3) is 0.400. The minimum Gasteiger partial charge on any atom is -0.392 e. The number of aliphatic hydroxyl groups is 2. The molecule has 0 bridgehead atoms. The average Bonchev–Trinajstić information content (AvgIpc) is 3.04. The molecule has 2 heterocycles. The molecule has 0 aromatic carbocycles. The van der Waals surface area contributed by atoms with Crippen LogP contribution in [0, 0.1) is 5.39 Å². The summed E-state index contributed by atoms with van der Waals surface area (Å²) in [5, 5.41) is 41.4. The Morgan fingerprint density at radius 2 is 2.25 bits per heavy atom. The second-order valence-electron chi connectivity index (χ2n) is 3.80. The van der Waals surface area contributed by atoms with E-state index in [2.05, 4.69) is 25.4 Å². The summed E-state index contributed by atoms with van der Waals surface area (Å²) < 4.78 is 2.92. The third-order valence-corrected chi connectivity index (χ3v) is 2.52. The molecule has 0 saturated heterocycles. The number of diazo groups is 1. The molecule has 3 N–H and O–H groups in total. The summed E-state index contributed by atoms with van der Waals surface area (Å²) >= 11 is 0. The number of H-pyrrole nitrogens is 1. The predicted octanol–water partition coefficient (Wildman–Crippen LogP) is 0.383. The van der Waals surface area contributed by atoms with Gasteiger partial charge < -0.3 is 10.2 Å². The van der Waals surface area contributed by atoms with Crippen molar-refractivity contribution in [2.45, 2.75) is 13.1 Å². The molecule has 0 amide bonds. The van der Waals surface area contributed by atoms with Gasteiger partial charge in [-0.05, 0) is 5.11 Å². The van der Waals surface area contributed by atoms with Gasteiger partial charge in [0.1, 0.15) is 19.3 Å². The van der Waals surface area contributed by atoms with Crippen molar-refractivity contribution in [3.05, 3.63) is 23.4 Å². The number of rotatable bonds is 6. The van der Waals surface area contributed by atoms with E-state index in [9.17, 15) is 0 Å². The van der Waals surface area contributed by atoms with Crippen LogP contribution in [0.4, 0.5) is 17.3 Å². The Labute approximate surface area is 113 Å². The molecule has 0 aliphatic heterocycles. The first kappa shape index (κ1) is 13.8. The van der Waals surface area contributed by atoms with E-state index in [1.54, 1.807) is 16.9 Å². The van der Waals surface area contributed by atoms with Crippen molar-refractivity contribution in [1.82, 2.24) is 14.9 Å². The van der Waals surface area contributed by atoms with Crippen LogP contribution in [0.2, 0.25) is 0 Å². The predicted molar refractivity (Wildman–Crippen MR) is 66.3 cm³/mol. The van der Waals surface area contributed by atoms with Crippen LogP contribution in [0.15, 0.2) is 28.7 Å². The fourth-order valence-corrected chi connectivity index (χ4v) is 1.63. The van der Waals surface area contributed by atoms with E-state index in [0.29, 0.717) is 12.4 Å². The minimum atomic E-state index is -0.130. The highest BCUT2D eigenvalue weighted by atomic mass is 16.3. The van der Waals surface area contributed by atoms with Gasteiger partial charge in [0.15, 0.2) is 0 Å². The van der Waals surface area contributed by atoms with Crippen LogP contribution in [0.25, 0.3) is 4.98 Å². The number of aliphatic hydroxyl groups excluding tert-OH is 2. The maximum atomic E-state index is 8.95. The average molecular weight is 278 g/mol. The lowest BCUT2D eigenvalue weighted by Crippen LogP contribution is -2.37. The van der Waals surface area contributed by atoms with Gasteiger partial charge in [-0.15, -0.1) is 4.68 Å². The van der Waals surface area contributed by atoms with E-state index in [0.717, 1.165) is 0 Å². The molecule has 0 unspecified atom stereocenters. The van der Waals surface area contributed by atoms with Crippen LogP contribution in [-0.4, -0.2) is 38.3 Å². The van der Waals surface area contributed by atoms with E-state index in [1.165, 1.54) is 10.9 Å². The quantitative estimate of drug-likeness (QED) is 0.400. The lowest BCUT2D eigenvalue weighted by Gasteiger charge is -1.90. The first-order valence-electron chi connectivity index (χ1n) is 5.91. The van der Waals surface area contributed by atoms with Gasteiger partial charge in [0, 0.05) is 11.2 Å². The van der Waals surface area contributed by atoms with Crippen LogP contribution in [0.5, 0.6) is 0 Å². The van der Waals surface area contributed by atoms with Crippen molar-refractivity contribution in [1.29, 1.82) is 5.39 Å². The molecule has 0 fully saturated rings. The summed E-state index contributed by atoms with van der Waals surface area (Å²) in [5.74, 6) is 0.630. The first-order valence-corrected chi connectivity index (χ1v) is 5.91. The summed E-state index contributed by atoms with van der Waals surface area (Å²) in [6, 6.07) is 1.69. The largest absolute Gasteiger partial charge is 0.476 e. The van der Waals surface area contributed by atoms with Crippen LogP contribution >= 0.6 is 0 Å². The van der Waals surface area contributed by atoms with Crippen LogP contribution < -0.4 is 4.68 Å². The van der Waals surface area contributed by atoms with Crippen molar-refractivity contribution in [3.63, 3.8) is 0 Å². The Bertz CT molecular complexity index is 638. The highest BCUT2D eigenvalue weighted by Crippen LogP contribution is 2.28. The van der Waals surface area contributed by atoms with Gasteiger partial charge in [-0.3, -0.25) is 0 Å². The molecule has 20 heavy (non-hydrogen) atoms. The molecule has 2 rings (SSSR count). The van der Waals surface area contributed by atoms with Crippen molar-refractivity contribution in [2.24, 2.45) is 10.2 Å². The molecule has 2 aromatic rings. The lowest BCUT2D eigenvalue weighted by molar-refractivity contribution is -0.739. The highest BCUT2D eigenvalue weighted by molar-refractivity contribution is 5.60. The molecule has 10 heteroatoms. The highest BCUT2D eigenvalue weighted by Gasteiger charge is 2.24. The smallest absolute Gasteiger partial charge is 0.392 e. The van der Waals surface area contributed by atoms with E-state index < -0.39 is 0 Å². The zero-order chi connectivity index (χ0) is 14.4. The molecule has 0 spiro atoms. The second-order valence-corrected chi connectivity index (χ2v) is 3.80. The first-order chi connectivity index (χ1) is 9.80. The number of aromatic amines is 1. The van der Waals surface area contributed by atoms with Crippen LogP contribution in [0.3, 0.4) is 0 Å². The molecule has 10 nitrogen and oxygen atoms in total. The lowest BCUT2D eigenvalue weighted by atomic mass is 10.5. The van der Waals surface area contributed by atoms with Gasteiger partial charge in [0.2, 0.25) is 5.69 Å². The molecular weight excluding hydrogens is 264 g/mol. The Hall–Kier alpha value is -2.64. The van der Waals surface area contributed by atoms with Gasteiger partial charge in [0.05, 0.1) is 29.8 Å². The molecule has 0 aliphatic rings. The molecule has 0 atom stereocenters. The Kier molecular flexibility index (Phi) is 4.48. The molecule has 0 aliphatic carbocycles. The number of azo groups is 1. The zero-order valence-corrected chi connectivity index (χ0v) is 10.6. The SMILES string of the molecule is N#[N+]c1c(N=Nc2cc[nH][n+]2CCO)cnn1CCO. The summed E-state index contributed by atoms with van der Waals surface area (Å²) in [7, 11) is 0. The summed E-state index contributed by atoms with van der Waals surface area (Å²) in [5.41, 5.74) is 0.276. The Balaban J connectivity index is 2.23. The Morgan fingerprint density at radius 3 is 2.95 bits per heavy atom. The Morgan fingerprint density at radius 1 is 1.40 bits per heavy atom. The number of aromatic nitrogens is 4. The molecule has 2 aromatic heterocycles. The fourth-order valence-electron chi connectivity index (χ4n) is 1.63. The summed E-state index contributed by atoms with van der Waals surface area (Å²) in [6.07, 6.45) is 3.05. The number of nitrogens with zero attached hydrogens (tertiary/aromatic N) is 7. The molecule has 0 radical (unpaired) electrons. The van der Waals surface area contributed by atoms with Gasteiger partial charge in [-0.1, -0.05) is 5.10 Å². The van der Waals surface area contributed by atoms with E-state index >= 15 is 0 Å². The van der Waals surface area contributed by atoms with Crippen molar-refractivity contribution in [3.8, 4) is 0 Å². The number of hydrogen-bond acceptors (Lipinski definition) is 6. The standard InChI is InChI=1S/C10H13N8O2/c11-14-10-8(7-13-18(10)4-6-20)15-16-9-1-2-12-17(9)3-5-19/h1-2,7,19-20H,3-6H2/q+1/p+1. The molecule has 0 saturated carbocycles. The van der Waals surface area contributed by atoms with E-state index in [1.807, 2.05) is 0 Å². The van der Waals surface area contributed by atoms with Crippen molar-refractivity contribution < 1.29 is 14.9 Å². The molecular formula is C10H14N8O2+2. The third kappa shape index (κ3) is 2.85. The number of hydrogen-bond donors (Lipinski definition) is 3. The van der Waals surface area contributed by atoms with Crippen LogP contribution in [0.1, 0.15) is 0 Å². The summed E-state index contributed by atoms with van der Waals surface area (Å²) in [6.45, 7) is 0.403. The van der Waals surface area contributed by atoms with Gasteiger partial charge in [0.25, 0.3) is 0 Å². The van der Waals surface area contributed by atoms with Gasteiger partial charge in [-0.2, -0.15) is 4.68 Å². The van der Waals surface area contributed by atoms with Gasteiger partial charge >= 0.3 is 11.6 Å². The van der Waals surface area contributed by atoms with Crippen molar-refractivity contribution >= 4 is 17.3 Å². The van der Waals surface area contributed by atoms with E-state index in [4.69, 9.17) is 15.6 Å². The normalized spacial score (nSPS) is 11.1. The third-order valence-electron chi connectivity index (χ3n) is 2.52. The van der Waals surface area contributed by atoms with Gasteiger partial charge in [-0.25, -0.2) is 5.10 Å². The number of nitrogens with one attached hydrogen (secondary N) is 1. The monoisotopic (exact) mass is 278 g/mol. The van der Waals surface area contributed by atoms with Crippen LogP contribution in [-0.2, 0) is 13.1 Å². The van der Waals surface area contributed by atoms with E-state index in [-0.39, 0.29) is 31.3 Å². The maximum absolute atomic E-state index is 8.95. The van der Waals surface area contributed by atoms with Crippen molar-refractivity contribution in [2.75, 3.05) is 13.2 Å². The second kappa shape index (κ2) is 6.50. The topological polar surface area (TPSA) is 131 Å². The maximum Gasteiger partial charge on any atom is 0.476 e. The minimum absolute atomic E-state index is 0.0284. The summed E-state index contributed by atoms with van der Waals surface area (Å²) in [4.78, 5) is 3.09. The zero-order valence-electron chi connectivity index (χ0n) is 10.6.